The molecule has 0 amide bonds. The largest absolute Gasteiger partial charge is 0.505 e. The minimum absolute atomic E-state index is 0.0802. The normalized spacial score (nSPS) is 23.1. The number of rotatable bonds is 4. The van der Waals surface area contributed by atoms with Crippen LogP contribution >= 0.6 is 27.5 Å². The Balaban J connectivity index is 1.83. The van der Waals surface area contributed by atoms with Gasteiger partial charge in [0.2, 0.25) is 0 Å². The monoisotopic (exact) mass is 522 g/mol. The van der Waals surface area contributed by atoms with E-state index in [0.29, 0.717) is 5.56 Å². The highest BCUT2D eigenvalue weighted by atomic mass is 79.9. The third kappa shape index (κ3) is 3.82. The Morgan fingerprint density at radius 1 is 1.38 bits per heavy atom. The SMILES string of the molecule is CC1(C)[C@H](Nc2c(C(N)=Nc3cc(F)c(O)cc3Cl)cnn3cc(Br)cc23)CC[C@]1(C)N. The Morgan fingerprint density at radius 3 is 2.75 bits per heavy atom. The average molecular weight is 524 g/mol. The van der Waals surface area contributed by atoms with E-state index in [0.717, 1.165) is 40.7 Å². The van der Waals surface area contributed by atoms with Crippen molar-refractivity contribution in [1.29, 1.82) is 0 Å². The third-order valence-electron chi connectivity index (χ3n) is 6.75. The summed E-state index contributed by atoms with van der Waals surface area (Å²) in [6.45, 7) is 6.38. The number of phenolic OH excluding ortho intramolecular Hbond substituents is 1. The molecule has 0 spiro atoms. The first-order valence-corrected chi connectivity index (χ1v) is 11.3. The minimum Gasteiger partial charge on any atom is -0.505 e. The van der Waals surface area contributed by atoms with Crippen LogP contribution in [0.3, 0.4) is 0 Å². The van der Waals surface area contributed by atoms with E-state index >= 15 is 0 Å². The second-order valence-corrected chi connectivity index (χ2v) is 10.4. The number of aromatic nitrogens is 2. The summed E-state index contributed by atoms with van der Waals surface area (Å²) in [7, 11) is 0. The lowest BCUT2D eigenvalue weighted by Gasteiger charge is -2.39. The van der Waals surface area contributed by atoms with Gasteiger partial charge in [-0.15, -0.1) is 0 Å². The van der Waals surface area contributed by atoms with Crippen LogP contribution in [-0.4, -0.2) is 32.1 Å². The van der Waals surface area contributed by atoms with E-state index in [1.807, 2.05) is 12.3 Å². The maximum atomic E-state index is 13.9. The molecule has 0 saturated heterocycles. The van der Waals surface area contributed by atoms with Crippen molar-refractivity contribution in [3.05, 3.63) is 51.5 Å². The summed E-state index contributed by atoms with van der Waals surface area (Å²) in [5.74, 6) is -1.28. The smallest absolute Gasteiger partial charge is 0.167 e. The molecule has 0 bridgehead atoms. The molecule has 10 heteroatoms. The number of nitrogens with one attached hydrogen (secondary N) is 1. The van der Waals surface area contributed by atoms with E-state index in [1.165, 1.54) is 0 Å². The predicted molar refractivity (Wildman–Crippen MR) is 129 cm³/mol. The Morgan fingerprint density at radius 2 is 2.09 bits per heavy atom. The molecule has 2 atom stereocenters. The Kier molecular flexibility index (Phi) is 5.63. The van der Waals surface area contributed by atoms with Gasteiger partial charge in [-0.2, -0.15) is 5.10 Å². The molecule has 170 valence electrons. The van der Waals surface area contributed by atoms with Gasteiger partial charge in [-0.25, -0.2) is 13.9 Å². The number of fused-ring (bicyclic) bond motifs is 1. The van der Waals surface area contributed by atoms with Crippen LogP contribution in [0.2, 0.25) is 5.02 Å². The number of anilines is 1. The molecule has 2 aromatic heterocycles. The number of nitrogens with zero attached hydrogens (tertiary/aromatic N) is 3. The van der Waals surface area contributed by atoms with Gasteiger partial charge in [-0.05, 0) is 41.8 Å². The molecule has 2 heterocycles. The van der Waals surface area contributed by atoms with Crippen molar-refractivity contribution in [1.82, 2.24) is 9.61 Å². The lowest BCUT2D eigenvalue weighted by atomic mass is 9.75. The van der Waals surface area contributed by atoms with Gasteiger partial charge in [0.05, 0.1) is 33.7 Å². The zero-order valence-electron chi connectivity index (χ0n) is 18.0. The molecule has 7 nitrogen and oxygen atoms in total. The number of aliphatic imine (C=N–C) groups is 1. The van der Waals surface area contributed by atoms with Gasteiger partial charge in [0, 0.05) is 39.8 Å². The quantitative estimate of drug-likeness (QED) is 0.285. The summed E-state index contributed by atoms with van der Waals surface area (Å²) < 4.78 is 16.5. The fourth-order valence-corrected chi connectivity index (χ4v) is 4.74. The zero-order valence-corrected chi connectivity index (χ0v) is 20.3. The molecule has 1 aliphatic rings. The van der Waals surface area contributed by atoms with Crippen molar-refractivity contribution in [2.45, 2.75) is 45.2 Å². The van der Waals surface area contributed by atoms with Crippen LogP contribution in [0.15, 0.2) is 40.1 Å². The van der Waals surface area contributed by atoms with Gasteiger partial charge in [0.15, 0.2) is 11.6 Å². The first-order chi connectivity index (χ1) is 14.9. The van der Waals surface area contributed by atoms with Crippen LogP contribution in [0.5, 0.6) is 5.75 Å². The highest BCUT2D eigenvalue weighted by Crippen LogP contribution is 2.46. The summed E-state index contributed by atoms with van der Waals surface area (Å²) in [5, 5.41) is 17.7. The molecule has 1 aliphatic carbocycles. The number of nitrogens with two attached hydrogens (primary N) is 2. The van der Waals surface area contributed by atoms with Gasteiger partial charge in [-0.3, -0.25) is 0 Å². The number of phenols is 1. The van der Waals surface area contributed by atoms with Crippen molar-refractivity contribution >= 4 is 50.3 Å². The fourth-order valence-electron chi connectivity index (χ4n) is 4.12. The Hall–Kier alpha value is -2.36. The van der Waals surface area contributed by atoms with Gasteiger partial charge < -0.3 is 21.9 Å². The number of hydrogen-bond donors (Lipinski definition) is 4. The molecule has 3 aromatic rings. The summed E-state index contributed by atoms with van der Waals surface area (Å²) >= 11 is 9.63. The molecule has 1 fully saturated rings. The predicted octanol–water partition coefficient (Wildman–Crippen LogP) is 4.95. The van der Waals surface area contributed by atoms with Crippen LogP contribution in [0.4, 0.5) is 15.8 Å². The van der Waals surface area contributed by atoms with Crippen molar-refractivity contribution in [3.8, 4) is 5.75 Å². The van der Waals surface area contributed by atoms with Crippen molar-refractivity contribution in [3.63, 3.8) is 0 Å². The van der Waals surface area contributed by atoms with E-state index in [2.05, 4.69) is 52.1 Å². The summed E-state index contributed by atoms with van der Waals surface area (Å²) in [4.78, 5) is 4.33. The first-order valence-electron chi connectivity index (χ1n) is 10.2. The standard InChI is InChI=1S/C22H25BrClFN6O/c1-21(2)18(4-5-22(21,3)27)30-19-12(9-28-31-10-11(23)6-16(19)31)20(26)29-15-8-14(25)17(32)7-13(15)24/h6-10,18,30,32H,4-5,27H2,1-3H3,(H2,26,29)/t18-,22+/m1/s1. The Bertz CT molecular complexity index is 1240. The molecule has 1 aromatic carbocycles. The van der Waals surface area contributed by atoms with Crippen molar-refractivity contribution < 1.29 is 9.50 Å². The van der Waals surface area contributed by atoms with Gasteiger partial charge in [0.25, 0.3) is 0 Å². The lowest BCUT2D eigenvalue weighted by molar-refractivity contribution is 0.215. The number of hydrogen-bond acceptors (Lipinski definition) is 5. The van der Waals surface area contributed by atoms with Crippen LogP contribution in [-0.2, 0) is 0 Å². The number of amidine groups is 1. The first kappa shape index (κ1) is 22.8. The maximum absolute atomic E-state index is 13.9. The zero-order chi connectivity index (χ0) is 23.4. The van der Waals surface area contributed by atoms with E-state index in [9.17, 15) is 9.50 Å². The van der Waals surface area contributed by atoms with E-state index < -0.39 is 11.6 Å². The summed E-state index contributed by atoms with van der Waals surface area (Å²) in [5.41, 5.74) is 14.6. The van der Waals surface area contributed by atoms with Gasteiger partial charge in [-0.1, -0.05) is 25.4 Å². The number of benzene rings is 1. The molecular weight excluding hydrogens is 499 g/mol. The summed E-state index contributed by atoms with van der Waals surface area (Å²) in [6, 6.07) is 4.15. The molecule has 0 unspecified atom stereocenters. The van der Waals surface area contributed by atoms with Crippen LogP contribution in [0, 0.1) is 11.2 Å². The minimum atomic E-state index is -0.835. The highest BCUT2D eigenvalue weighted by Gasteiger charge is 2.49. The second kappa shape index (κ2) is 7.90. The average Bonchev–Trinajstić information content (AvgIpc) is 3.17. The second-order valence-electron chi connectivity index (χ2n) is 9.05. The maximum Gasteiger partial charge on any atom is 0.167 e. The van der Waals surface area contributed by atoms with Gasteiger partial charge in [0.1, 0.15) is 5.84 Å². The number of aromatic hydroxyl groups is 1. The van der Waals surface area contributed by atoms with E-state index in [1.54, 1.807) is 10.7 Å². The molecule has 0 radical (unpaired) electrons. The van der Waals surface area contributed by atoms with Crippen molar-refractivity contribution in [2.75, 3.05) is 5.32 Å². The molecular formula is C22H25BrClFN6O. The summed E-state index contributed by atoms with van der Waals surface area (Å²) in [6.07, 6.45) is 5.22. The third-order valence-corrected chi connectivity index (χ3v) is 7.49. The van der Waals surface area contributed by atoms with Gasteiger partial charge >= 0.3 is 0 Å². The van der Waals surface area contributed by atoms with Crippen LogP contribution in [0.1, 0.15) is 39.2 Å². The molecule has 0 aliphatic heterocycles. The molecule has 32 heavy (non-hydrogen) atoms. The van der Waals surface area contributed by atoms with Crippen LogP contribution in [0.25, 0.3) is 5.52 Å². The Labute approximate surface area is 198 Å². The number of halogens is 3. The highest BCUT2D eigenvalue weighted by molar-refractivity contribution is 9.10. The molecule has 1 saturated carbocycles. The topological polar surface area (TPSA) is 114 Å². The molecule has 6 N–H and O–H groups in total. The molecule has 4 rings (SSSR count). The van der Waals surface area contributed by atoms with E-state index in [-0.39, 0.29) is 33.5 Å². The lowest BCUT2D eigenvalue weighted by Crippen LogP contribution is -2.51. The van der Waals surface area contributed by atoms with Crippen molar-refractivity contribution in [2.24, 2.45) is 21.9 Å². The van der Waals surface area contributed by atoms with E-state index in [4.69, 9.17) is 23.1 Å². The van der Waals surface area contributed by atoms with Crippen LogP contribution < -0.4 is 16.8 Å². The fraction of sp³-hybridized carbons (Fsp3) is 0.364.